The molecule has 2 aliphatic heterocycles. The average molecular weight is 333 g/mol. The van der Waals surface area contributed by atoms with Gasteiger partial charge in [-0.3, -0.25) is 9.48 Å². The minimum absolute atomic E-state index is 0. The van der Waals surface area contributed by atoms with Crippen LogP contribution in [0.4, 0.5) is 0 Å². The normalized spacial score (nSPS) is 20.0. The number of amides is 1. The number of nitrogens with zero attached hydrogens (tertiary/aromatic N) is 3. The summed E-state index contributed by atoms with van der Waals surface area (Å²) < 4.78 is 1.95. The number of carbonyl (C=O) groups is 1. The highest BCUT2D eigenvalue weighted by molar-refractivity contribution is 5.92. The minimum atomic E-state index is 0. The molecular weight excluding hydrogens is 312 g/mol. The lowest BCUT2D eigenvalue weighted by atomic mass is 10.1. The summed E-state index contributed by atoms with van der Waals surface area (Å²) in [6, 6.07) is 10.4. The van der Waals surface area contributed by atoms with Crippen LogP contribution in [-0.2, 0) is 13.1 Å². The molecule has 1 N–H and O–H groups in total. The lowest BCUT2D eigenvalue weighted by Crippen LogP contribution is -2.32. The summed E-state index contributed by atoms with van der Waals surface area (Å²) in [6.45, 7) is 3.39. The van der Waals surface area contributed by atoms with Crippen LogP contribution < -0.4 is 5.32 Å². The number of nitrogens with one attached hydrogen (secondary N) is 1. The molecule has 2 aliphatic rings. The zero-order chi connectivity index (χ0) is 14.9. The van der Waals surface area contributed by atoms with Crippen molar-refractivity contribution in [2.45, 2.75) is 32.0 Å². The number of hydrogen-bond acceptors (Lipinski definition) is 3. The molecule has 0 radical (unpaired) electrons. The summed E-state index contributed by atoms with van der Waals surface area (Å²) in [4.78, 5) is 14.5. The number of rotatable bonds is 2. The van der Waals surface area contributed by atoms with Gasteiger partial charge in [-0.1, -0.05) is 24.3 Å². The van der Waals surface area contributed by atoms with Gasteiger partial charge in [-0.2, -0.15) is 5.10 Å². The maximum absolute atomic E-state index is 12.6. The van der Waals surface area contributed by atoms with E-state index in [0.29, 0.717) is 24.8 Å². The van der Waals surface area contributed by atoms with Gasteiger partial charge in [-0.25, -0.2) is 0 Å². The molecule has 1 aromatic carbocycles. The summed E-state index contributed by atoms with van der Waals surface area (Å²) in [7, 11) is 0. The Morgan fingerprint density at radius 1 is 1.17 bits per heavy atom. The van der Waals surface area contributed by atoms with Gasteiger partial charge in [0.1, 0.15) is 5.69 Å². The Labute approximate surface area is 142 Å². The van der Waals surface area contributed by atoms with E-state index in [2.05, 4.69) is 22.5 Å². The van der Waals surface area contributed by atoms with E-state index in [1.165, 1.54) is 11.1 Å². The van der Waals surface area contributed by atoms with Crippen LogP contribution in [0, 0.1) is 0 Å². The highest BCUT2D eigenvalue weighted by Crippen LogP contribution is 2.24. The second-order valence-corrected chi connectivity index (χ2v) is 6.11. The monoisotopic (exact) mass is 332 g/mol. The Balaban J connectivity index is 0.00000156. The maximum atomic E-state index is 12.6. The van der Waals surface area contributed by atoms with Gasteiger partial charge in [-0.15, -0.1) is 12.4 Å². The molecule has 122 valence electrons. The van der Waals surface area contributed by atoms with Crippen molar-refractivity contribution >= 4 is 18.3 Å². The third-order valence-corrected chi connectivity index (χ3v) is 4.60. The molecule has 4 rings (SSSR count). The number of piperidine rings is 1. The minimum Gasteiger partial charge on any atom is -0.329 e. The summed E-state index contributed by atoms with van der Waals surface area (Å²) in [5.41, 5.74) is 3.04. The molecule has 1 fully saturated rings. The number of fused-ring (bicyclic) bond motifs is 1. The van der Waals surface area contributed by atoms with Crippen LogP contribution in [0.5, 0.6) is 0 Å². The van der Waals surface area contributed by atoms with Crippen LogP contribution in [0.25, 0.3) is 0 Å². The zero-order valence-electron chi connectivity index (χ0n) is 12.9. The molecule has 1 atom stereocenters. The predicted octanol–water partition coefficient (Wildman–Crippen LogP) is 2.39. The number of aromatic nitrogens is 2. The van der Waals surface area contributed by atoms with E-state index in [9.17, 15) is 4.79 Å². The lowest BCUT2D eigenvalue weighted by Gasteiger charge is -2.23. The van der Waals surface area contributed by atoms with E-state index in [4.69, 9.17) is 0 Å². The molecule has 0 aliphatic carbocycles. The van der Waals surface area contributed by atoms with Crippen LogP contribution in [0.15, 0.2) is 36.5 Å². The topological polar surface area (TPSA) is 50.2 Å². The van der Waals surface area contributed by atoms with Gasteiger partial charge in [0.15, 0.2) is 0 Å². The Bertz CT molecular complexity index is 668. The van der Waals surface area contributed by atoms with Gasteiger partial charge in [0, 0.05) is 25.8 Å². The van der Waals surface area contributed by atoms with Gasteiger partial charge in [0.05, 0.1) is 6.04 Å². The smallest absolute Gasteiger partial charge is 0.274 e. The van der Waals surface area contributed by atoms with E-state index in [-0.39, 0.29) is 18.3 Å². The first-order chi connectivity index (χ1) is 10.8. The maximum Gasteiger partial charge on any atom is 0.274 e. The van der Waals surface area contributed by atoms with E-state index in [1.807, 2.05) is 34.0 Å². The van der Waals surface area contributed by atoms with Crippen LogP contribution in [0.3, 0.4) is 0 Å². The number of benzene rings is 1. The molecule has 2 aromatic rings. The second kappa shape index (κ2) is 6.72. The SMILES string of the molecule is Cl.O=C(c1ccn(C2CCCNC2)n1)N1Cc2ccccc2C1. The molecule has 1 aromatic heterocycles. The fraction of sp³-hybridized carbons (Fsp3) is 0.412. The highest BCUT2D eigenvalue weighted by atomic mass is 35.5. The van der Waals surface area contributed by atoms with Crippen molar-refractivity contribution < 1.29 is 4.79 Å². The zero-order valence-corrected chi connectivity index (χ0v) is 13.8. The molecule has 1 saturated heterocycles. The van der Waals surface area contributed by atoms with Crippen LogP contribution in [-0.4, -0.2) is 33.7 Å². The summed E-state index contributed by atoms with van der Waals surface area (Å²) in [5, 5.41) is 7.91. The summed E-state index contributed by atoms with van der Waals surface area (Å²) in [5.74, 6) is 0.0266. The van der Waals surface area contributed by atoms with Crippen molar-refractivity contribution in [3.8, 4) is 0 Å². The third-order valence-electron chi connectivity index (χ3n) is 4.60. The van der Waals surface area contributed by atoms with Crippen molar-refractivity contribution in [3.63, 3.8) is 0 Å². The Morgan fingerprint density at radius 3 is 2.57 bits per heavy atom. The molecule has 1 amide bonds. The summed E-state index contributed by atoms with van der Waals surface area (Å²) in [6.07, 6.45) is 4.22. The molecule has 6 heteroatoms. The van der Waals surface area contributed by atoms with E-state index in [1.54, 1.807) is 0 Å². The van der Waals surface area contributed by atoms with Gasteiger partial charge < -0.3 is 10.2 Å². The largest absolute Gasteiger partial charge is 0.329 e. The number of carbonyl (C=O) groups excluding carboxylic acids is 1. The fourth-order valence-electron chi connectivity index (χ4n) is 3.35. The number of halogens is 1. The molecule has 3 heterocycles. The Kier molecular flexibility index (Phi) is 4.68. The van der Waals surface area contributed by atoms with E-state index in [0.717, 1.165) is 25.9 Å². The van der Waals surface area contributed by atoms with Gasteiger partial charge in [0.2, 0.25) is 0 Å². The first-order valence-corrected chi connectivity index (χ1v) is 7.93. The molecule has 0 bridgehead atoms. The first kappa shape index (κ1) is 16.0. The van der Waals surface area contributed by atoms with Crippen molar-refractivity contribution in [3.05, 3.63) is 53.3 Å². The van der Waals surface area contributed by atoms with Crippen molar-refractivity contribution in [1.82, 2.24) is 20.0 Å². The molecule has 0 saturated carbocycles. The van der Waals surface area contributed by atoms with E-state index < -0.39 is 0 Å². The highest BCUT2D eigenvalue weighted by Gasteiger charge is 2.26. The molecular formula is C17H21ClN4O. The van der Waals surface area contributed by atoms with Crippen molar-refractivity contribution in [1.29, 1.82) is 0 Å². The van der Waals surface area contributed by atoms with Gasteiger partial charge in [-0.05, 0) is 36.6 Å². The average Bonchev–Trinajstić information content (AvgIpc) is 3.22. The Morgan fingerprint density at radius 2 is 1.91 bits per heavy atom. The quantitative estimate of drug-likeness (QED) is 0.918. The van der Waals surface area contributed by atoms with Crippen LogP contribution >= 0.6 is 12.4 Å². The molecule has 23 heavy (non-hydrogen) atoms. The molecule has 0 spiro atoms. The van der Waals surface area contributed by atoms with E-state index >= 15 is 0 Å². The predicted molar refractivity (Wildman–Crippen MR) is 90.6 cm³/mol. The van der Waals surface area contributed by atoms with Crippen LogP contribution in [0.2, 0.25) is 0 Å². The molecule has 1 unspecified atom stereocenters. The Hall–Kier alpha value is -1.85. The second-order valence-electron chi connectivity index (χ2n) is 6.11. The van der Waals surface area contributed by atoms with Crippen molar-refractivity contribution in [2.24, 2.45) is 0 Å². The van der Waals surface area contributed by atoms with Crippen LogP contribution in [0.1, 0.15) is 40.5 Å². The molecule has 5 nitrogen and oxygen atoms in total. The third kappa shape index (κ3) is 3.12. The first-order valence-electron chi connectivity index (χ1n) is 7.93. The van der Waals surface area contributed by atoms with Gasteiger partial charge >= 0.3 is 0 Å². The number of hydrogen-bond donors (Lipinski definition) is 1. The summed E-state index contributed by atoms with van der Waals surface area (Å²) >= 11 is 0. The standard InChI is InChI=1S/C17H20N4O.ClH/c22-17(20-11-13-4-1-2-5-14(13)12-20)16-7-9-21(19-16)15-6-3-8-18-10-15;/h1-2,4-5,7,9,15,18H,3,6,8,10-12H2;1H. The van der Waals surface area contributed by atoms with Gasteiger partial charge in [0.25, 0.3) is 5.91 Å². The fourth-order valence-corrected chi connectivity index (χ4v) is 3.35. The van der Waals surface area contributed by atoms with Crippen molar-refractivity contribution in [2.75, 3.05) is 13.1 Å². The lowest BCUT2D eigenvalue weighted by molar-refractivity contribution is 0.0744.